The van der Waals surface area contributed by atoms with Crippen molar-refractivity contribution in [2.45, 2.75) is 83.8 Å². The Morgan fingerprint density at radius 3 is 2.45 bits per heavy atom. The molecule has 11 nitrogen and oxygen atoms in total. The van der Waals surface area contributed by atoms with E-state index < -0.39 is 48.1 Å². The Labute approximate surface area is 226 Å². The number of rotatable bonds is 10. The van der Waals surface area contributed by atoms with Crippen LogP contribution in [0.15, 0.2) is 18.2 Å². The van der Waals surface area contributed by atoms with E-state index in [2.05, 4.69) is 16.0 Å². The first-order valence-corrected chi connectivity index (χ1v) is 12.9. The Kier molecular flexibility index (Phi) is 9.17. The summed E-state index contributed by atoms with van der Waals surface area (Å²) >= 11 is 6.31. The Hall–Kier alpha value is -3.02. The molecule has 38 heavy (non-hydrogen) atoms. The van der Waals surface area contributed by atoms with Gasteiger partial charge in [0.1, 0.15) is 18.6 Å². The average molecular weight is 551 g/mol. The van der Waals surface area contributed by atoms with Crippen LogP contribution in [0.3, 0.4) is 0 Å². The topological polar surface area (TPSA) is 165 Å². The van der Waals surface area contributed by atoms with Crippen molar-refractivity contribution in [3.8, 4) is 0 Å². The molecule has 1 aromatic carbocycles. The molecule has 2 bridgehead atoms. The molecule has 6 atom stereocenters. The molecule has 0 radical (unpaired) electrons. The summed E-state index contributed by atoms with van der Waals surface area (Å²) in [6, 6.07) is 1.53. The molecule has 5 unspecified atom stereocenters. The van der Waals surface area contributed by atoms with E-state index in [1.165, 1.54) is 25.1 Å². The number of aliphatic carboxylic acids is 1. The summed E-state index contributed by atoms with van der Waals surface area (Å²) in [6.45, 7) is 6.78. The zero-order valence-corrected chi connectivity index (χ0v) is 22.6. The molecule has 1 aromatic rings. The number of aldehydes is 1. The zero-order valence-electron chi connectivity index (χ0n) is 21.9. The highest BCUT2D eigenvalue weighted by atomic mass is 35.5. The quantitative estimate of drug-likeness (QED) is 0.217. The SMILES string of the molecule is CC(=O)Nc1ccc(C(=O)NC(C(=O)N2C3CCC(C3)C2[C@H](O)NC(C=O)CC(=O)O)C(C)(C)C)c(Cl)c1. The number of amides is 3. The Morgan fingerprint density at radius 2 is 1.89 bits per heavy atom. The molecule has 1 aliphatic heterocycles. The van der Waals surface area contributed by atoms with Crippen molar-refractivity contribution in [3.05, 3.63) is 28.8 Å². The number of carbonyl (C=O) groups excluding carboxylic acids is 4. The number of likely N-dealkylation sites (tertiary alicyclic amines) is 1. The van der Waals surface area contributed by atoms with Crippen LogP contribution < -0.4 is 16.0 Å². The van der Waals surface area contributed by atoms with Gasteiger partial charge in [0.15, 0.2) is 0 Å². The minimum atomic E-state index is -1.32. The lowest BCUT2D eigenvalue weighted by atomic mass is 9.84. The van der Waals surface area contributed by atoms with Gasteiger partial charge in [0.2, 0.25) is 11.8 Å². The minimum absolute atomic E-state index is 0.0318. The van der Waals surface area contributed by atoms with Crippen molar-refractivity contribution in [2.75, 3.05) is 5.32 Å². The van der Waals surface area contributed by atoms with Crippen molar-refractivity contribution >= 4 is 47.3 Å². The fourth-order valence-electron chi connectivity index (χ4n) is 5.40. The molecule has 2 aliphatic rings. The Balaban J connectivity index is 1.83. The smallest absolute Gasteiger partial charge is 0.305 e. The van der Waals surface area contributed by atoms with Crippen molar-refractivity contribution in [1.29, 1.82) is 0 Å². The lowest BCUT2D eigenvalue weighted by Crippen LogP contribution is -2.63. The van der Waals surface area contributed by atoms with Crippen LogP contribution >= 0.6 is 11.6 Å². The first-order chi connectivity index (χ1) is 17.7. The number of anilines is 1. The lowest BCUT2D eigenvalue weighted by Gasteiger charge is -2.42. The number of benzene rings is 1. The van der Waals surface area contributed by atoms with Gasteiger partial charge in [-0.1, -0.05) is 32.4 Å². The van der Waals surface area contributed by atoms with Crippen LogP contribution in [0.25, 0.3) is 0 Å². The molecule has 0 spiro atoms. The fourth-order valence-corrected chi connectivity index (χ4v) is 5.67. The second-order valence-corrected chi connectivity index (χ2v) is 11.5. The third-order valence-electron chi connectivity index (χ3n) is 7.09. The van der Waals surface area contributed by atoms with Gasteiger partial charge >= 0.3 is 5.97 Å². The molecular weight excluding hydrogens is 516 g/mol. The third kappa shape index (κ3) is 6.69. The van der Waals surface area contributed by atoms with Crippen LogP contribution in [-0.2, 0) is 19.2 Å². The van der Waals surface area contributed by atoms with E-state index in [1.54, 1.807) is 4.90 Å². The van der Waals surface area contributed by atoms with Gasteiger partial charge in [0, 0.05) is 18.7 Å². The number of halogens is 1. The summed E-state index contributed by atoms with van der Waals surface area (Å²) in [7, 11) is 0. The van der Waals surface area contributed by atoms with E-state index in [9.17, 15) is 29.1 Å². The predicted molar refractivity (Wildman–Crippen MR) is 139 cm³/mol. The summed E-state index contributed by atoms with van der Waals surface area (Å²) in [5.41, 5.74) is -0.155. The van der Waals surface area contributed by atoms with Gasteiger partial charge in [-0.2, -0.15) is 0 Å². The zero-order chi connectivity index (χ0) is 28.4. The van der Waals surface area contributed by atoms with E-state index in [-0.39, 0.29) is 34.4 Å². The number of carbonyl (C=O) groups is 5. The third-order valence-corrected chi connectivity index (χ3v) is 7.40. The maximum Gasteiger partial charge on any atom is 0.305 e. The number of carboxylic acids is 1. The summed E-state index contributed by atoms with van der Waals surface area (Å²) in [4.78, 5) is 62.5. The van der Waals surface area contributed by atoms with Crippen LogP contribution in [-0.4, -0.2) is 75.5 Å². The van der Waals surface area contributed by atoms with Crippen molar-refractivity contribution in [3.63, 3.8) is 0 Å². The van der Waals surface area contributed by atoms with Gasteiger partial charge in [-0.05, 0) is 48.8 Å². The van der Waals surface area contributed by atoms with Crippen molar-refractivity contribution < 1.29 is 34.2 Å². The van der Waals surface area contributed by atoms with Gasteiger partial charge < -0.3 is 30.5 Å². The number of fused-ring (bicyclic) bond motifs is 2. The van der Waals surface area contributed by atoms with Crippen LogP contribution in [0.5, 0.6) is 0 Å². The monoisotopic (exact) mass is 550 g/mol. The number of carboxylic acid groups (broad SMARTS) is 1. The molecule has 3 rings (SSSR count). The molecule has 208 valence electrons. The fraction of sp³-hybridized carbons (Fsp3) is 0.577. The number of hydrogen-bond donors (Lipinski definition) is 5. The normalized spacial score (nSPS) is 22.9. The summed E-state index contributed by atoms with van der Waals surface area (Å²) < 4.78 is 0. The second-order valence-electron chi connectivity index (χ2n) is 11.1. The highest BCUT2D eigenvalue weighted by Crippen LogP contribution is 2.44. The molecule has 1 saturated carbocycles. The van der Waals surface area contributed by atoms with Gasteiger partial charge in [0.25, 0.3) is 5.91 Å². The van der Waals surface area contributed by atoms with Crippen molar-refractivity contribution in [2.24, 2.45) is 11.3 Å². The maximum atomic E-state index is 14.0. The molecule has 0 aromatic heterocycles. The molecule has 1 heterocycles. The molecule has 3 amide bonds. The van der Waals surface area contributed by atoms with Crippen molar-refractivity contribution in [1.82, 2.24) is 15.5 Å². The van der Waals surface area contributed by atoms with Gasteiger partial charge in [-0.3, -0.25) is 24.5 Å². The molecule has 5 N–H and O–H groups in total. The first-order valence-electron chi connectivity index (χ1n) is 12.5. The standard InChI is InChI=1S/C26H35ClN4O7/c1-13(33)28-15-6-8-18(19(27)10-15)23(36)30-22(26(2,3)4)25(38)31-17-7-5-14(9-17)21(31)24(37)29-16(12-32)11-20(34)35/h6,8,10,12,14,16-17,21-22,24,29,37H,5,7,9,11H2,1-4H3,(H,28,33)(H,30,36)(H,34,35)/t14?,16?,17?,21?,22?,24-/m0/s1. The maximum absolute atomic E-state index is 14.0. The Morgan fingerprint density at radius 1 is 1.21 bits per heavy atom. The summed E-state index contributed by atoms with van der Waals surface area (Å²) in [5, 5.41) is 28.2. The van der Waals surface area contributed by atoms with E-state index >= 15 is 0 Å². The Bertz CT molecular complexity index is 1110. The van der Waals surface area contributed by atoms with Crippen LogP contribution in [0, 0.1) is 11.3 Å². The molecule has 2 fully saturated rings. The highest BCUT2D eigenvalue weighted by molar-refractivity contribution is 6.34. The second kappa shape index (κ2) is 11.8. The largest absolute Gasteiger partial charge is 0.481 e. The lowest BCUT2D eigenvalue weighted by molar-refractivity contribution is -0.145. The van der Waals surface area contributed by atoms with E-state index in [1.807, 2.05) is 20.8 Å². The van der Waals surface area contributed by atoms with E-state index in [0.717, 1.165) is 12.8 Å². The molecule has 12 heteroatoms. The minimum Gasteiger partial charge on any atom is -0.481 e. The number of aliphatic hydroxyl groups is 1. The van der Waals surface area contributed by atoms with Gasteiger partial charge in [0.05, 0.1) is 29.1 Å². The molecular formula is C26H35ClN4O7. The van der Waals surface area contributed by atoms with Crippen LogP contribution in [0.2, 0.25) is 5.02 Å². The number of hydrogen-bond acceptors (Lipinski definition) is 7. The molecule has 1 aliphatic carbocycles. The van der Waals surface area contributed by atoms with Crippen LogP contribution in [0.4, 0.5) is 5.69 Å². The number of nitrogens with one attached hydrogen (secondary N) is 3. The van der Waals surface area contributed by atoms with Gasteiger partial charge in [-0.15, -0.1) is 0 Å². The number of piperidine rings is 1. The predicted octanol–water partition coefficient (Wildman–Crippen LogP) is 1.77. The van der Waals surface area contributed by atoms with E-state index in [0.29, 0.717) is 18.4 Å². The summed E-state index contributed by atoms with van der Waals surface area (Å²) in [6.07, 6.45) is 0.795. The van der Waals surface area contributed by atoms with Crippen LogP contribution in [0.1, 0.15) is 63.7 Å². The number of nitrogens with zero attached hydrogens (tertiary/aromatic N) is 1. The first kappa shape index (κ1) is 29.5. The van der Waals surface area contributed by atoms with E-state index in [4.69, 9.17) is 16.7 Å². The average Bonchev–Trinajstić information content (AvgIpc) is 3.42. The number of aliphatic hydroxyl groups excluding tert-OH is 1. The highest BCUT2D eigenvalue weighted by Gasteiger charge is 2.53. The summed E-state index contributed by atoms with van der Waals surface area (Å²) in [5.74, 6) is -2.46. The molecule has 1 saturated heterocycles. The van der Waals surface area contributed by atoms with Gasteiger partial charge in [-0.25, -0.2) is 0 Å².